The number of nitrogens with zero attached hydrogens (tertiary/aromatic N) is 3. The van der Waals surface area contributed by atoms with Crippen molar-refractivity contribution in [1.29, 1.82) is 0 Å². The van der Waals surface area contributed by atoms with Crippen molar-refractivity contribution in [2.45, 2.75) is 52.4 Å². The number of aryl methyl sites for hydroxylation is 1. The molecular weight excluding hydrogens is 350 g/mol. The average molecular weight is 382 g/mol. The fourth-order valence-electron chi connectivity index (χ4n) is 3.47. The topological polar surface area (TPSA) is 70.2 Å². The van der Waals surface area contributed by atoms with Gasteiger partial charge in [-0.05, 0) is 56.9 Å². The Bertz CT molecular complexity index is 769. The predicted molar refractivity (Wildman–Crippen MR) is 114 cm³/mol. The molecule has 0 aliphatic carbocycles. The maximum Gasteiger partial charge on any atom is 0.270 e. The minimum Gasteiger partial charge on any atom is -0.372 e. The van der Waals surface area contributed by atoms with E-state index in [-0.39, 0.29) is 5.91 Å². The minimum absolute atomic E-state index is 0.148. The Kier molecular flexibility index (Phi) is 7.23. The molecule has 2 N–H and O–H groups in total. The van der Waals surface area contributed by atoms with Gasteiger partial charge in [0.25, 0.3) is 5.91 Å². The van der Waals surface area contributed by atoms with Crippen LogP contribution in [0, 0.1) is 6.92 Å². The lowest BCUT2D eigenvalue weighted by atomic mass is 10.1. The molecule has 2 heterocycles. The second-order valence-electron chi connectivity index (χ2n) is 7.37. The van der Waals surface area contributed by atoms with E-state index in [2.05, 4.69) is 56.7 Å². The van der Waals surface area contributed by atoms with Gasteiger partial charge >= 0.3 is 0 Å². The maximum atomic E-state index is 12.3. The van der Waals surface area contributed by atoms with Crippen molar-refractivity contribution in [2.75, 3.05) is 29.9 Å². The fraction of sp³-hybridized carbons (Fsp3) is 0.500. The number of amides is 1. The Morgan fingerprint density at radius 3 is 2.54 bits per heavy atom. The molecule has 0 bridgehead atoms. The summed E-state index contributed by atoms with van der Waals surface area (Å²) in [6, 6.07) is 10.1. The first-order valence-electron chi connectivity index (χ1n) is 10.4. The van der Waals surface area contributed by atoms with Crippen molar-refractivity contribution in [3.05, 3.63) is 41.9 Å². The third kappa shape index (κ3) is 5.68. The first kappa shape index (κ1) is 20.1. The van der Waals surface area contributed by atoms with Gasteiger partial charge in [-0.1, -0.05) is 19.8 Å². The summed E-state index contributed by atoms with van der Waals surface area (Å²) < 4.78 is 0. The van der Waals surface area contributed by atoms with Crippen LogP contribution in [0.5, 0.6) is 0 Å². The Hall–Kier alpha value is -2.63. The molecule has 0 radical (unpaired) electrons. The van der Waals surface area contributed by atoms with Gasteiger partial charge in [0, 0.05) is 37.1 Å². The highest BCUT2D eigenvalue weighted by atomic mass is 16.1. The smallest absolute Gasteiger partial charge is 0.270 e. The number of carbonyl (C=O) groups excluding carboxylic acids is 1. The van der Waals surface area contributed by atoms with E-state index in [9.17, 15) is 4.79 Å². The SMILES string of the molecule is CCCCCNC(=O)c1cc(Nc2ccc(N3CCCCC3)cc2)nc(C)n1. The number of carbonyl (C=O) groups is 1. The molecule has 6 nitrogen and oxygen atoms in total. The summed E-state index contributed by atoms with van der Waals surface area (Å²) in [6.45, 7) is 6.89. The zero-order valence-electron chi connectivity index (χ0n) is 17.0. The third-order valence-corrected chi connectivity index (χ3v) is 5.00. The molecule has 1 amide bonds. The molecule has 3 rings (SSSR count). The molecule has 1 aliphatic heterocycles. The lowest BCUT2D eigenvalue weighted by Crippen LogP contribution is -2.29. The van der Waals surface area contributed by atoms with Crippen molar-refractivity contribution in [1.82, 2.24) is 15.3 Å². The highest BCUT2D eigenvalue weighted by molar-refractivity contribution is 5.93. The molecule has 150 valence electrons. The number of piperidine rings is 1. The lowest BCUT2D eigenvalue weighted by Gasteiger charge is -2.28. The van der Waals surface area contributed by atoms with Crippen LogP contribution in [0.1, 0.15) is 61.8 Å². The molecule has 0 unspecified atom stereocenters. The minimum atomic E-state index is -0.148. The van der Waals surface area contributed by atoms with Crippen molar-refractivity contribution < 1.29 is 4.79 Å². The number of unbranched alkanes of at least 4 members (excludes halogenated alkanes) is 2. The van der Waals surface area contributed by atoms with Crippen LogP contribution in [-0.2, 0) is 0 Å². The Morgan fingerprint density at radius 1 is 1.07 bits per heavy atom. The lowest BCUT2D eigenvalue weighted by molar-refractivity contribution is 0.0947. The average Bonchev–Trinajstić information content (AvgIpc) is 2.72. The molecule has 1 aliphatic rings. The highest BCUT2D eigenvalue weighted by Gasteiger charge is 2.12. The summed E-state index contributed by atoms with van der Waals surface area (Å²) in [5.41, 5.74) is 2.61. The van der Waals surface area contributed by atoms with Gasteiger partial charge in [0.05, 0.1) is 0 Å². The number of aromatic nitrogens is 2. The van der Waals surface area contributed by atoms with Crippen molar-refractivity contribution >= 4 is 23.1 Å². The second-order valence-corrected chi connectivity index (χ2v) is 7.37. The van der Waals surface area contributed by atoms with Gasteiger partial charge in [0.1, 0.15) is 17.3 Å². The molecule has 0 atom stereocenters. The van der Waals surface area contributed by atoms with Gasteiger partial charge in [-0.15, -0.1) is 0 Å². The van der Waals surface area contributed by atoms with Crippen molar-refractivity contribution in [2.24, 2.45) is 0 Å². The van der Waals surface area contributed by atoms with Gasteiger partial charge < -0.3 is 15.5 Å². The Morgan fingerprint density at radius 2 is 1.82 bits per heavy atom. The molecule has 1 fully saturated rings. The summed E-state index contributed by atoms with van der Waals surface area (Å²) in [6.07, 6.45) is 7.10. The molecule has 1 saturated heterocycles. The molecule has 6 heteroatoms. The van der Waals surface area contributed by atoms with Gasteiger partial charge in [0.2, 0.25) is 0 Å². The normalized spacial score (nSPS) is 14.0. The van der Waals surface area contributed by atoms with E-state index in [0.29, 0.717) is 23.9 Å². The first-order chi connectivity index (χ1) is 13.7. The van der Waals surface area contributed by atoms with Gasteiger partial charge in [-0.2, -0.15) is 0 Å². The van der Waals surface area contributed by atoms with Crippen LogP contribution >= 0.6 is 0 Å². The predicted octanol–water partition coefficient (Wildman–Crippen LogP) is 4.44. The number of hydrogen-bond donors (Lipinski definition) is 2. The van der Waals surface area contributed by atoms with Crippen LogP contribution in [0.4, 0.5) is 17.2 Å². The summed E-state index contributed by atoms with van der Waals surface area (Å²) in [7, 11) is 0. The fourth-order valence-corrected chi connectivity index (χ4v) is 3.47. The second kappa shape index (κ2) is 10.1. The summed E-state index contributed by atoms with van der Waals surface area (Å²) in [5, 5.41) is 6.23. The third-order valence-electron chi connectivity index (χ3n) is 5.00. The number of rotatable bonds is 8. The van der Waals surface area contributed by atoms with Gasteiger partial charge in [-0.3, -0.25) is 4.79 Å². The highest BCUT2D eigenvalue weighted by Crippen LogP contribution is 2.23. The number of nitrogens with one attached hydrogen (secondary N) is 2. The maximum absolute atomic E-state index is 12.3. The van der Waals surface area contributed by atoms with Crippen LogP contribution in [0.3, 0.4) is 0 Å². The van der Waals surface area contributed by atoms with Crippen LogP contribution in [0.15, 0.2) is 30.3 Å². The molecule has 0 spiro atoms. The number of anilines is 3. The standard InChI is InChI=1S/C22H31N5O/c1-3-4-6-13-23-22(28)20-16-21(25-17(2)24-20)26-18-9-11-19(12-10-18)27-14-7-5-8-15-27/h9-12,16H,3-8,13-15H2,1-2H3,(H,23,28)(H,24,25,26). The summed E-state index contributed by atoms with van der Waals surface area (Å²) >= 11 is 0. The van der Waals surface area contributed by atoms with E-state index in [1.807, 2.05) is 0 Å². The Balaban J connectivity index is 1.63. The van der Waals surface area contributed by atoms with Crippen LogP contribution < -0.4 is 15.5 Å². The van der Waals surface area contributed by atoms with E-state index in [4.69, 9.17) is 0 Å². The molecule has 1 aromatic heterocycles. The monoisotopic (exact) mass is 381 g/mol. The summed E-state index contributed by atoms with van der Waals surface area (Å²) in [4.78, 5) is 23.5. The van der Waals surface area contributed by atoms with E-state index >= 15 is 0 Å². The summed E-state index contributed by atoms with van der Waals surface area (Å²) in [5.74, 6) is 1.07. The van der Waals surface area contributed by atoms with E-state index < -0.39 is 0 Å². The quantitative estimate of drug-likeness (QED) is 0.662. The molecule has 2 aromatic rings. The van der Waals surface area contributed by atoms with Crippen LogP contribution in [0.2, 0.25) is 0 Å². The molecule has 0 saturated carbocycles. The van der Waals surface area contributed by atoms with E-state index in [0.717, 1.165) is 38.0 Å². The first-order valence-corrected chi connectivity index (χ1v) is 10.4. The number of benzene rings is 1. The zero-order chi connectivity index (χ0) is 19.8. The van der Waals surface area contributed by atoms with Crippen LogP contribution in [-0.4, -0.2) is 35.5 Å². The molecule has 1 aromatic carbocycles. The zero-order valence-corrected chi connectivity index (χ0v) is 17.0. The van der Waals surface area contributed by atoms with E-state index in [1.165, 1.54) is 24.9 Å². The molecular formula is C22H31N5O. The Labute approximate surface area is 167 Å². The largest absolute Gasteiger partial charge is 0.372 e. The van der Waals surface area contributed by atoms with Crippen LogP contribution in [0.25, 0.3) is 0 Å². The van der Waals surface area contributed by atoms with Gasteiger partial charge in [-0.25, -0.2) is 9.97 Å². The van der Waals surface area contributed by atoms with E-state index in [1.54, 1.807) is 13.0 Å². The van der Waals surface area contributed by atoms with Crippen molar-refractivity contribution in [3.63, 3.8) is 0 Å². The van der Waals surface area contributed by atoms with Crippen molar-refractivity contribution in [3.8, 4) is 0 Å². The number of hydrogen-bond acceptors (Lipinski definition) is 5. The van der Waals surface area contributed by atoms with Gasteiger partial charge in [0.15, 0.2) is 0 Å². The molecule has 28 heavy (non-hydrogen) atoms.